The van der Waals surface area contributed by atoms with Gasteiger partial charge in [-0.2, -0.15) is 0 Å². The molecule has 0 aromatic carbocycles. The minimum Gasteiger partial charge on any atom is -0.391 e. The standard InChI is InChI=1S/C8H15NO5/c1-4(11)7(13)8(14)6(3-10)9-5(2)12/h3-4,6-8,11,13-14H,1-2H3,(H,9,12)/t4-,6+,7+,8-/m0/s1. The second-order valence-corrected chi connectivity index (χ2v) is 3.08. The Morgan fingerprint density at radius 1 is 1.29 bits per heavy atom. The lowest BCUT2D eigenvalue weighted by molar-refractivity contribution is -0.128. The predicted octanol–water partition coefficient (Wildman–Crippen LogP) is -2.21. The van der Waals surface area contributed by atoms with Crippen molar-refractivity contribution < 1.29 is 24.9 Å². The molecule has 0 bridgehead atoms. The van der Waals surface area contributed by atoms with E-state index < -0.39 is 30.3 Å². The third kappa shape index (κ3) is 3.82. The van der Waals surface area contributed by atoms with Gasteiger partial charge < -0.3 is 25.4 Å². The van der Waals surface area contributed by atoms with Gasteiger partial charge in [-0.1, -0.05) is 0 Å². The minimum atomic E-state index is -1.52. The van der Waals surface area contributed by atoms with Crippen LogP contribution < -0.4 is 5.32 Å². The van der Waals surface area contributed by atoms with Crippen molar-refractivity contribution in [3.05, 3.63) is 0 Å². The van der Waals surface area contributed by atoms with Crippen LogP contribution in [0.2, 0.25) is 0 Å². The number of carbonyl (C=O) groups excluding carboxylic acids is 2. The van der Waals surface area contributed by atoms with E-state index in [1.807, 2.05) is 0 Å². The van der Waals surface area contributed by atoms with E-state index in [1.165, 1.54) is 13.8 Å². The maximum Gasteiger partial charge on any atom is 0.217 e. The Bertz CT molecular complexity index is 206. The Morgan fingerprint density at radius 2 is 1.79 bits per heavy atom. The van der Waals surface area contributed by atoms with Gasteiger partial charge in [0.25, 0.3) is 0 Å². The lowest BCUT2D eigenvalue weighted by Gasteiger charge is -2.24. The molecule has 0 radical (unpaired) electrons. The number of rotatable bonds is 5. The maximum atomic E-state index is 10.6. The van der Waals surface area contributed by atoms with E-state index in [9.17, 15) is 19.8 Å². The average molecular weight is 205 g/mol. The number of hydrogen-bond acceptors (Lipinski definition) is 5. The molecule has 82 valence electrons. The molecule has 4 N–H and O–H groups in total. The summed E-state index contributed by atoms with van der Waals surface area (Å²) in [5.74, 6) is -0.501. The highest BCUT2D eigenvalue weighted by Crippen LogP contribution is 2.03. The molecule has 1 amide bonds. The van der Waals surface area contributed by atoms with E-state index in [1.54, 1.807) is 0 Å². The van der Waals surface area contributed by atoms with Crippen LogP contribution in [0.4, 0.5) is 0 Å². The van der Waals surface area contributed by atoms with Crippen molar-refractivity contribution in [1.82, 2.24) is 5.32 Å². The third-order valence-electron chi connectivity index (χ3n) is 1.73. The average Bonchev–Trinajstić information content (AvgIpc) is 2.11. The van der Waals surface area contributed by atoms with Gasteiger partial charge in [0.15, 0.2) is 0 Å². The van der Waals surface area contributed by atoms with Gasteiger partial charge in [0.05, 0.1) is 6.10 Å². The molecule has 0 aliphatic heterocycles. The fraction of sp³-hybridized carbons (Fsp3) is 0.750. The summed E-state index contributed by atoms with van der Waals surface area (Å²) in [6, 6.07) is -1.21. The molecule has 6 nitrogen and oxygen atoms in total. The molecule has 0 saturated carbocycles. The van der Waals surface area contributed by atoms with E-state index in [-0.39, 0.29) is 0 Å². The molecular formula is C8H15NO5. The summed E-state index contributed by atoms with van der Waals surface area (Å²) < 4.78 is 0. The van der Waals surface area contributed by atoms with Crippen LogP contribution in [0.5, 0.6) is 0 Å². The van der Waals surface area contributed by atoms with Gasteiger partial charge in [-0.25, -0.2) is 0 Å². The molecule has 0 aromatic heterocycles. The van der Waals surface area contributed by atoms with Crippen LogP contribution in [0.15, 0.2) is 0 Å². The SMILES string of the molecule is CC(=O)N[C@H](C=O)[C@H](O)[C@H](O)[C@H](C)O. The Hall–Kier alpha value is -0.980. The van der Waals surface area contributed by atoms with Crippen LogP contribution in [0, 0.1) is 0 Å². The number of nitrogens with one attached hydrogen (secondary N) is 1. The van der Waals surface area contributed by atoms with Crippen LogP contribution in [0.1, 0.15) is 13.8 Å². The number of aliphatic hydroxyl groups is 3. The maximum absolute atomic E-state index is 10.6. The fourth-order valence-corrected chi connectivity index (χ4v) is 0.932. The lowest BCUT2D eigenvalue weighted by Crippen LogP contribution is -2.51. The van der Waals surface area contributed by atoms with Crippen molar-refractivity contribution >= 4 is 12.2 Å². The van der Waals surface area contributed by atoms with Crippen molar-refractivity contribution in [2.75, 3.05) is 0 Å². The monoisotopic (exact) mass is 205 g/mol. The molecule has 0 fully saturated rings. The van der Waals surface area contributed by atoms with Crippen molar-refractivity contribution in [3.8, 4) is 0 Å². The Morgan fingerprint density at radius 3 is 2.07 bits per heavy atom. The van der Waals surface area contributed by atoms with E-state index in [2.05, 4.69) is 5.32 Å². The molecule has 0 unspecified atom stereocenters. The molecular weight excluding hydrogens is 190 g/mol. The van der Waals surface area contributed by atoms with E-state index in [0.717, 1.165) is 0 Å². The number of carbonyl (C=O) groups is 2. The van der Waals surface area contributed by atoms with Crippen molar-refractivity contribution in [3.63, 3.8) is 0 Å². The highest BCUT2D eigenvalue weighted by Gasteiger charge is 2.29. The molecule has 0 saturated heterocycles. The van der Waals surface area contributed by atoms with Gasteiger partial charge >= 0.3 is 0 Å². The van der Waals surface area contributed by atoms with Gasteiger partial charge in [-0.15, -0.1) is 0 Å². The normalized spacial score (nSPS) is 19.2. The molecule has 0 heterocycles. The molecule has 4 atom stereocenters. The number of aliphatic hydroxyl groups excluding tert-OH is 3. The van der Waals surface area contributed by atoms with Crippen molar-refractivity contribution in [1.29, 1.82) is 0 Å². The smallest absolute Gasteiger partial charge is 0.217 e. The van der Waals surface area contributed by atoms with E-state index in [0.29, 0.717) is 6.29 Å². The summed E-state index contributed by atoms with van der Waals surface area (Å²) in [6.45, 7) is 2.45. The summed E-state index contributed by atoms with van der Waals surface area (Å²) >= 11 is 0. The number of aldehydes is 1. The Kier molecular flexibility index (Phi) is 5.29. The highest BCUT2D eigenvalue weighted by atomic mass is 16.4. The van der Waals surface area contributed by atoms with Crippen LogP contribution in [-0.2, 0) is 9.59 Å². The second kappa shape index (κ2) is 5.69. The first-order chi connectivity index (χ1) is 6.40. The summed E-state index contributed by atoms with van der Waals surface area (Å²) in [4.78, 5) is 21.0. The second-order valence-electron chi connectivity index (χ2n) is 3.08. The molecule has 0 aromatic rings. The molecule has 0 spiro atoms. The van der Waals surface area contributed by atoms with Crippen molar-refractivity contribution in [2.45, 2.75) is 38.2 Å². The third-order valence-corrected chi connectivity index (χ3v) is 1.73. The lowest BCUT2D eigenvalue weighted by atomic mass is 10.0. The van der Waals surface area contributed by atoms with Crippen molar-refractivity contribution in [2.24, 2.45) is 0 Å². The van der Waals surface area contributed by atoms with Crippen LogP contribution in [-0.4, -0.2) is 51.9 Å². The van der Waals surface area contributed by atoms with E-state index in [4.69, 9.17) is 5.11 Å². The minimum absolute atomic E-state index is 0.303. The molecule has 0 aliphatic rings. The molecule has 0 rings (SSSR count). The van der Waals surface area contributed by atoms with Gasteiger partial charge in [-0.05, 0) is 6.92 Å². The van der Waals surface area contributed by atoms with Gasteiger partial charge in [0.2, 0.25) is 5.91 Å². The van der Waals surface area contributed by atoms with Gasteiger partial charge in [0, 0.05) is 6.92 Å². The number of hydrogen-bond donors (Lipinski definition) is 4. The zero-order chi connectivity index (χ0) is 11.3. The predicted molar refractivity (Wildman–Crippen MR) is 47.4 cm³/mol. The highest BCUT2D eigenvalue weighted by molar-refractivity contribution is 5.77. The first-order valence-electron chi connectivity index (χ1n) is 4.16. The van der Waals surface area contributed by atoms with Gasteiger partial charge in [-0.3, -0.25) is 4.79 Å². The summed E-state index contributed by atoms with van der Waals surface area (Å²) in [6.07, 6.45) is -3.87. The van der Waals surface area contributed by atoms with Crippen LogP contribution in [0.25, 0.3) is 0 Å². The zero-order valence-electron chi connectivity index (χ0n) is 8.04. The largest absolute Gasteiger partial charge is 0.391 e. The Labute approximate surface area is 81.5 Å². The summed E-state index contributed by atoms with van der Waals surface area (Å²) in [5, 5.41) is 29.6. The van der Waals surface area contributed by atoms with E-state index >= 15 is 0 Å². The first-order valence-corrected chi connectivity index (χ1v) is 4.16. The van der Waals surface area contributed by atoms with Gasteiger partial charge in [0.1, 0.15) is 24.5 Å². The number of amides is 1. The van der Waals surface area contributed by atoms with Crippen LogP contribution in [0.3, 0.4) is 0 Å². The summed E-state index contributed by atoms with van der Waals surface area (Å²) in [5.41, 5.74) is 0. The molecule has 14 heavy (non-hydrogen) atoms. The molecule has 6 heteroatoms. The van der Waals surface area contributed by atoms with Crippen LogP contribution >= 0.6 is 0 Å². The topological polar surface area (TPSA) is 107 Å². The Balaban J connectivity index is 4.36. The quantitative estimate of drug-likeness (QED) is 0.381. The fourth-order valence-electron chi connectivity index (χ4n) is 0.932. The summed E-state index contributed by atoms with van der Waals surface area (Å²) in [7, 11) is 0. The molecule has 0 aliphatic carbocycles. The first kappa shape index (κ1) is 13.0. The zero-order valence-corrected chi connectivity index (χ0v) is 8.04.